The number of hydrogen-bond donors (Lipinski definition) is 1. The minimum Gasteiger partial charge on any atom is -0.343 e. The molecule has 1 amide bonds. The van der Waals surface area contributed by atoms with Crippen LogP contribution in [0, 0.1) is 5.95 Å². The lowest BCUT2D eigenvalue weighted by Crippen LogP contribution is -2.27. The standard InChI is InChI=1S/C13H14FN3OS/c1-3-9-7-16-13(19-9)8(2)17-12(18)10-5-4-6-15-11(10)14/h4-8H,3H2,1-2H3,(H,17,18). The van der Waals surface area contributed by atoms with E-state index >= 15 is 0 Å². The van der Waals surface area contributed by atoms with Gasteiger partial charge in [0.05, 0.1) is 11.6 Å². The van der Waals surface area contributed by atoms with Crippen LogP contribution in [0.4, 0.5) is 4.39 Å². The average molecular weight is 279 g/mol. The summed E-state index contributed by atoms with van der Waals surface area (Å²) in [7, 11) is 0. The van der Waals surface area contributed by atoms with Gasteiger partial charge in [-0.2, -0.15) is 4.39 Å². The minimum atomic E-state index is -0.763. The first-order valence-corrected chi connectivity index (χ1v) is 6.79. The maximum absolute atomic E-state index is 13.4. The summed E-state index contributed by atoms with van der Waals surface area (Å²) in [6, 6.07) is 2.68. The predicted octanol–water partition coefficient (Wildman–Crippen LogP) is 2.73. The molecule has 0 bridgehead atoms. The summed E-state index contributed by atoms with van der Waals surface area (Å²) in [5.74, 6) is -1.24. The number of aryl methyl sites for hydroxylation is 1. The first-order chi connectivity index (χ1) is 9.11. The number of rotatable bonds is 4. The Morgan fingerprint density at radius 3 is 2.95 bits per heavy atom. The molecule has 2 aromatic rings. The van der Waals surface area contributed by atoms with Crippen LogP contribution in [0.2, 0.25) is 0 Å². The molecular weight excluding hydrogens is 265 g/mol. The second kappa shape index (κ2) is 5.88. The number of nitrogens with zero attached hydrogens (tertiary/aromatic N) is 2. The van der Waals surface area contributed by atoms with Crippen molar-refractivity contribution in [2.75, 3.05) is 0 Å². The average Bonchev–Trinajstić information content (AvgIpc) is 2.88. The maximum atomic E-state index is 13.4. The van der Waals surface area contributed by atoms with Crippen molar-refractivity contribution in [3.05, 3.63) is 45.9 Å². The zero-order valence-electron chi connectivity index (χ0n) is 10.7. The molecule has 0 aromatic carbocycles. The Balaban J connectivity index is 2.08. The van der Waals surface area contributed by atoms with Crippen LogP contribution in [0.15, 0.2) is 24.5 Å². The molecule has 0 radical (unpaired) electrons. The topological polar surface area (TPSA) is 54.9 Å². The fourth-order valence-electron chi connectivity index (χ4n) is 1.58. The molecular formula is C13H14FN3OS. The molecule has 19 heavy (non-hydrogen) atoms. The van der Waals surface area contributed by atoms with E-state index in [-0.39, 0.29) is 11.6 Å². The monoisotopic (exact) mass is 279 g/mol. The highest BCUT2D eigenvalue weighted by molar-refractivity contribution is 7.11. The largest absolute Gasteiger partial charge is 0.343 e. The van der Waals surface area contributed by atoms with Gasteiger partial charge in [0.15, 0.2) is 0 Å². The van der Waals surface area contributed by atoms with Gasteiger partial charge in [-0.1, -0.05) is 6.92 Å². The number of hydrogen-bond acceptors (Lipinski definition) is 4. The molecule has 2 rings (SSSR count). The second-order valence-electron chi connectivity index (χ2n) is 4.06. The molecule has 0 aliphatic heterocycles. The lowest BCUT2D eigenvalue weighted by Gasteiger charge is -2.11. The van der Waals surface area contributed by atoms with E-state index in [1.54, 1.807) is 17.5 Å². The zero-order valence-corrected chi connectivity index (χ0v) is 11.5. The van der Waals surface area contributed by atoms with Crippen LogP contribution in [0.3, 0.4) is 0 Å². The van der Waals surface area contributed by atoms with Gasteiger partial charge in [-0.3, -0.25) is 4.79 Å². The zero-order chi connectivity index (χ0) is 13.8. The number of carbonyl (C=O) groups is 1. The van der Waals surface area contributed by atoms with Crippen LogP contribution in [-0.4, -0.2) is 15.9 Å². The first kappa shape index (κ1) is 13.6. The Morgan fingerprint density at radius 1 is 1.53 bits per heavy atom. The van der Waals surface area contributed by atoms with Crippen molar-refractivity contribution in [2.45, 2.75) is 26.3 Å². The van der Waals surface area contributed by atoms with E-state index in [1.165, 1.54) is 18.3 Å². The molecule has 2 aromatic heterocycles. The summed E-state index contributed by atoms with van der Waals surface area (Å²) in [5, 5.41) is 3.53. The molecule has 0 saturated carbocycles. The number of thiazole rings is 1. The number of halogens is 1. The summed E-state index contributed by atoms with van der Waals surface area (Å²) in [5.41, 5.74) is -0.0541. The van der Waals surface area contributed by atoms with Crippen LogP contribution in [0.5, 0.6) is 0 Å². The predicted molar refractivity (Wildman–Crippen MR) is 71.6 cm³/mol. The highest BCUT2D eigenvalue weighted by atomic mass is 32.1. The molecule has 2 heterocycles. The third-order valence-electron chi connectivity index (χ3n) is 2.64. The van der Waals surface area contributed by atoms with Gasteiger partial charge in [-0.25, -0.2) is 9.97 Å². The van der Waals surface area contributed by atoms with Crippen LogP contribution in [-0.2, 0) is 6.42 Å². The van der Waals surface area contributed by atoms with Gasteiger partial charge in [-0.15, -0.1) is 11.3 Å². The van der Waals surface area contributed by atoms with Crippen LogP contribution in [0.1, 0.15) is 40.1 Å². The molecule has 1 unspecified atom stereocenters. The minimum absolute atomic E-state index is 0.0541. The van der Waals surface area contributed by atoms with Crippen molar-refractivity contribution in [1.82, 2.24) is 15.3 Å². The SMILES string of the molecule is CCc1cnc(C(C)NC(=O)c2cccnc2F)s1. The van der Waals surface area contributed by atoms with Crippen molar-refractivity contribution in [2.24, 2.45) is 0 Å². The molecule has 0 aliphatic rings. The third-order valence-corrected chi connectivity index (χ3v) is 3.97. The Kier molecular flexibility index (Phi) is 4.21. The molecule has 0 saturated heterocycles. The summed E-state index contributed by atoms with van der Waals surface area (Å²) >= 11 is 1.55. The molecule has 100 valence electrons. The summed E-state index contributed by atoms with van der Waals surface area (Å²) in [6.45, 7) is 3.87. The number of amides is 1. The van der Waals surface area contributed by atoms with Gasteiger partial charge in [0.1, 0.15) is 5.01 Å². The van der Waals surface area contributed by atoms with Gasteiger partial charge < -0.3 is 5.32 Å². The quantitative estimate of drug-likeness (QED) is 0.875. The highest BCUT2D eigenvalue weighted by Crippen LogP contribution is 2.20. The summed E-state index contributed by atoms with van der Waals surface area (Å²) in [6.07, 6.45) is 4.02. The lowest BCUT2D eigenvalue weighted by molar-refractivity contribution is 0.0935. The van der Waals surface area contributed by atoms with E-state index in [4.69, 9.17) is 0 Å². The summed E-state index contributed by atoms with van der Waals surface area (Å²) < 4.78 is 13.4. The van der Waals surface area contributed by atoms with Gasteiger partial charge >= 0.3 is 0 Å². The van der Waals surface area contributed by atoms with E-state index in [0.29, 0.717) is 0 Å². The molecule has 1 atom stereocenters. The third kappa shape index (κ3) is 3.14. The molecule has 1 N–H and O–H groups in total. The molecule has 0 spiro atoms. The van der Waals surface area contributed by atoms with Crippen molar-refractivity contribution in [1.29, 1.82) is 0 Å². The van der Waals surface area contributed by atoms with Gasteiger partial charge in [0.25, 0.3) is 5.91 Å². The van der Waals surface area contributed by atoms with E-state index in [2.05, 4.69) is 15.3 Å². The van der Waals surface area contributed by atoms with Crippen LogP contribution in [0.25, 0.3) is 0 Å². The smallest absolute Gasteiger partial charge is 0.256 e. The number of carbonyl (C=O) groups excluding carboxylic acids is 1. The molecule has 0 aliphatic carbocycles. The van der Waals surface area contributed by atoms with E-state index in [0.717, 1.165) is 16.3 Å². The van der Waals surface area contributed by atoms with Crippen molar-refractivity contribution in [3.63, 3.8) is 0 Å². The molecule has 6 heteroatoms. The number of aromatic nitrogens is 2. The van der Waals surface area contributed by atoms with Gasteiger partial charge in [0.2, 0.25) is 5.95 Å². The fourth-order valence-corrected chi connectivity index (χ4v) is 2.44. The maximum Gasteiger partial charge on any atom is 0.256 e. The van der Waals surface area contributed by atoms with E-state index < -0.39 is 11.9 Å². The highest BCUT2D eigenvalue weighted by Gasteiger charge is 2.17. The normalized spacial score (nSPS) is 12.2. The van der Waals surface area contributed by atoms with Crippen LogP contribution < -0.4 is 5.32 Å². The number of pyridine rings is 1. The van der Waals surface area contributed by atoms with Crippen molar-refractivity contribution >= 4 is 17.2 Å². The number of nitrogens with one attached hydrogen (secondary N) is 1. The Bertz CT molecular complexity index is 585. The Hall–Kier alpha value is -1.82. The van der Waals surface area contributed by atoms with Crippen molar-refractivity contribution in [3.8, 4) is 0 Å². The van der Waals surface area contributed by atoms with Gasteiger partial charge in [0, 0.05) is 17.3 Å². The fraction of sp³-hybridized carbons (Fsp3) is 0.308. The second-order valence-corrected chi connectivity index (χ2v) is 5.20. The molecule has 4 nitrogen and oxygen atoms in total. The van der Waals surface area contributed by atoms with Crippen LogP contribution >= 0.6 is 11.3 Å². The Morgan fingerprint density at radius 2 is 2.32 bits per heavy atom. The van der Waals surface area contributed by atoms with E-state index in [1.807, 2.05) is 13.8 Å². The first-order valence-electron chi connectivity index (χ1n) is 5.97. The lowest BCUT2D eigenvalue weighted by atomic mass is 10.2. The van der Waals surface area contributed by atoms with Gasteiger partial charge in [-0.05, 0) is 25.5 Å². The Labute approximate surface area is 114 Å². The van der Waals surface area contributed by atoms with Crippen molar-refractivity contribution < 1.29 is 9.18 Å². The molecule has 0 fully saturated rings. The summed E-state index contributed by atoms with van der Waals surface area (Å²) in [4.78, 5) is 20.8. The van der Waals surface area contributed by atoms with E-state index in [9.17, 15) is 9.18 Å².